The van der Waals surface area contributed by atoms with Crippen molar-refractivity contribution in [2.45, 2.75) is 78.1 Å². The van der Waals surface area contributed by atoms with Crippen molar-refractivity contribution in [1.29, 1.82) is 0 Å². The molecular formula is C29H32FOS+. The average Bonchev–Trinajstić information content (AvgIpc) is 3.39. The van der Waals surface area contributed by atoms with E-state index in [4.69, 9.17) is 4.74 Å². The van der Waals surface area contributed by atoms with E-state index in [0.29, 0.717) is 11.7 Å². The summed E-state index contributed by atoms with van der Waals surface area (Å²) in [6, 6.07) is 26.5. The molecule has 0 heterocycles. The SMILES string of the molecule is Fc1cc([S+](c2ccccc2)c2ccccc2)ccc1OC1(C2CCCC2)CCCCC1. The van der Waals surface area contributed by atoms with Gasteiger partial charge in [0, 0.05) is 6.07 Å². The first-order chi connectivity index (χ1) is 15.8. The lowest BCUT2D eigenvalue weighted by Crippen LogP contribution is -2.44. The van der Waals surface area contributed by atoms with Crippen LogP contribution in [0.4, 0.5) is 4.39 Å². The van der Waals surface area contributed by atoms with Crippen LogP contribution in [0.25, 0.3) is 0 Å². The van der Waals surface area contributed by atoms with Gasteiger partial charge in [0.05, 0.1) is 10.9 Å². The second kappa shape index (κ2) is 9.70. The fourth-order valence-electron chi connectivity index (χ4n) is 5.63. The zero-order valence-corrected chi connectivity index (χ0v) is 19.5. The second-order valence-corrected chi connectivity index (χ2v) is 11.3. The molecule has 2 aliphatic rings. The third-order valence-electron chi connectivity index (χ3n) is 7.21. The third kappa shape index (κ3) is 4.45. The molecule has 0 saturated heterocycles. The van der Waals surface area contributed by atoms with Crippen LogP contribution >= 0.6 is 0 Å². The molecule has 2 fully saturated rings. The summed E-state index contributed by atoms with van der Waals surface area (Å²) in [6.07, 6.45) is 10.8. The predicted octanol–water partition coefficient (Wildman–Crippen LogP) is 8.19. The van der Waals surface area contributed by atoms with E-state index in [2.05, 4.69) is 54.6 Å². The maximum absolute atomic E-state index is 15.5. The van der Waals surface area contributed by atoms with Crippen molar-refractivity contribution < 1.29 is 9.13 Å². The Kier molecular flexibility index (Phi) is 6.54. The highest BCUT2D eigenvalue weighted by Gasteiger charge is 2.43. The highest BCUT2D eigenvalue weighted by Crippen LogP contribution is 2.46. The maximum atomic E-state index is 15.5. The molecule has 2 saturated carbocycles. The van der Waals surface area contributed by atoms with Crippen molar-refractivity contribution in [2.24, 2.45) is 5.92 Å². The fourth-order valence-corrected chi connectivity index (χ4v) is 7.73. The van der Waals surface area contributed by atoms with Gasteiger partial charge in [-0.25, -0.2) is 4.39 Å². The summed E-state index contributed by atoms with van der Waals surface area (Å²) < 4.78 is 22.2. The van der Waals surface area contributed by atoms with Gasteiger partial charge in [0.25, 0.3) is 0 Å². The van der Waals surface area contributed by atoms with E-state index in [1.165, 1.54) is 54.7 Å². The van der Waals surface area contributed by atoms with Crippen molar-refractivity contribution in [3.05, 3.63) is 84.7 Å². The molecule has 0 spiro atoms. The first-order valence-electron chi connectivity index (χ1n) is 12.1. The molecule has 166 valence electrons. The summed E-state index contributed by atoms with van der Waals surface area (Å²) >= 11 is 0. The molecule has 5 rings (SSSR count). The molecule has 0 bridgehead atoms. The Balaban J connectivity index is 1.47. The van der Waals surface area contributed by atoms with Gasteiger partial charge in [-0.1, -0.05) is 55.7 Å². The largest absolute Gasteiger partial charge is 0.484 e. The van der Waals surface area contributed by atoms with E-state index in [1.807, 2.05) is 18.2 Å². The monoisotopic (exact) mass is 447 g/mol. The van der Waals surface area contributed by atoms with E-state index in [-0.39, 0.29) is 22.3 Å². The number of rotatable bonds is 6. The molecule has 0 atom stereocenters. The lowest BCUT2D eigenvalue weighted by Gasteiger charge is -2.42. The minimum Gasteiger partial charge on any atom is -0.484 e. The van der Waals surface area contributed by atoms with Crippen LogP contribution in [0.5, 0.6) is 5.75 Å². The summed E-state index contributed by atoms with van der Waals surface area (Å²) in [5.74, 6) is 0.784. The van der Waals surface area contributed by atoms with Gasteiger partial charge in [-0.15, -0.1) is 0 Å². The Morgan fingerprint density at radius 2 is 1.28 bits per heavy atom. The Labute approximate surface area is 194 Å². The lowest BCUT2D eigenvalue weighted by atomic mass is 9.74. The number of benzene rings is 3. The van der Waals surface area contributed by atoms with Crippen LogP contribution in [0.1, 0.15) is 57.8 Å². The molecule has 1 nitrogen and oxygen atoms in total. The summed E-state index contributed by atoms with van der Waals surface area (Å²) in [4.78, 5) is 3.38. The summed E-state index contributed by atoms with van der Waals surface area (Å²) in [7, 11) is -0.348. The van der Waals surface area contributed by atoms with Crippen molar-refractivity contribution in [3.63, 3.8) is 0 Å². The Morgan fingerprint density at radius 1 is 0.688 bits per heavy atom. The van der Waals surface area contributed by atoms with E-state index in [0.717, 1.165) is 17.7 Å². The van der Waals surface area contributed by atoms with Gasteiger partial charge in [0.15, 0.2) is 26.3 Å². The summed E-state index contributed by atoms with van der Waals surface area (Å²) in [5.41, 5.74) is -0.169. The maximum Gasteiger partial charge on any atom is 0.170 e. The fraction of sp³-hybridized carbons (Fsp3) is 0.379. The number of ether oxygens (including phenoxy) is 1. The molecule has 3 heteroatoms. The van der Waals surface area contributed by atoms with Crippen LogP contribution in [0.2, 0.25) is 0 Å². The van der Waals surface area contributed by atoms with Crippen LogP contribution in [0.15, 0.2) is 93.5 Å². The van der Waals surface area contributed by atoms with E-state index in [9.17, 15) is 0 Å². The molecule has 0 unspecified atom stereocenters. The minimum absolute atomic E-state index is 0.169. The van der Waals surface area contributed by atoms with Crippen LogP contribution in [0.3, 0.4) is 0 Å². The zero-order valence-electron chi connectivity index (χ0n) is 18.6. The first-order valence-corrected chi connectivity index (χ1v) is 13.3. The minimum atomic E-state index is -0.348. The number of halogens is 1. The number of hydrogen-bond donors (Lipinski definition) is 0. The molecule has 0 aromatic heterocycles. The van der Waals surface area contributed by atoms with Gasteiger partial charge >= 0.3 is 0 Å². The van der Waals surface area contributed by atoms with Gasteiger partial charge in [-0.05, 0) is 80.8 Å². The molecular weight excluding hydrogens is 415 g/mol. The number of hydrogen-bond acceptors (Lipinski definition) is 1. The van der Waals surface area contributed by atoms with Crippen molar-refractivity contribution in [1.82, 2.24) is 0 Å². The standard InChI is InChI=1S/C29H32FOS/c30-27-22-26(32(24-14-4-1-5-15-24)25-16-6-2-7-17-25)18-19-28(27)31-29(20-10-3-11-21-29)23-12-8-9-13-23/h1-2,4-7,14-19,22-23H,3,8-13,20-21H2/q+1. The van der Waals surface area contributed by atoms with Gasteiger partial charge in [0.2, 0.25) is 0 Å². The highest BCUT2D eigenvalue weighted by atomic mass is 32.2. The van der Waals surface area contributed by atoms with Crippen molar-refractivity contribution >= 4 is 10.9 Å². The quantitative estimate of drug-likeness (QED) is 0.346. The second-order valence-electron chi connectivity index (χ2n) is 9.23. The van der Waals surface area contributed by atoms with Crippen molar-refractivity contribution in [3.8, 4) is 5.75 Å². The van der Waals surface area contributed by atoms with Gasteiger partial charge in [0.1, 0.15) is 5.60 Å². The van der Waals surface area contributed by atoms with E-state index in [1.54, 1.807) is 6.07 Å². The highest BCUT2D eigenvalue weighted by molar-refractivity contribution is 7.97. The zero-order chi connectivity index (χ0) is 21.8. The molecule has 32 heavy (non-hydrogen) atoms. The Morgan fingerprint density at radius 3 is 1.84 bits per heavy atom. The van der Waals surface area contributed by atoms with E-state index < -0.39 is 0 Å². The van der Waals surface area contributed by atoms with Crippen molar-refractivity contribution in [2.75, 3.05) is 0 Å². The van der Waals surface area contributed by atoms with Crippen LogP contribution in [-0.4, -0.2) is 5.60 Å². The van der Waals surface area contributed by atoms with Crippen LogP contribution in [-0.2, 0) is 10.9 Å². The van der Waals surface area contributed by atoms with E-state index >= 15 is 4.39 Å². The molecule has 2 aliphatic carbocycles. The first kappa shape index (κ1) is 21.6. The average molecular weight is 448 g/mol. The molecule has 0 radical (unpaired) electrons. The summed E-state index contributed by atoms with van der Waals surface area (Å²) in [6.45, 7) is 0. The molecule has 3 aromatic rings. The van der Waals surface area contributed by atoms with Crippen LogP contribution in [0, 0.1) is 11.7 Å². The predicted molar refractivity (Wildman–Crippen MR) is 130 cm³/mol. The van der Waals surface area contributed by atoms with Gasteiger partial charge in [-0.2, -0.15) is 0 Å². The Hall–Kier alpha value is -2.26. The summed E-state index contributed by atoms with van der Waals surface area (Å²) in [5, 5.41) is 0. The topological polar surface area (TPSA) is 9.23 Å². The molecule has 0 amide bonds. The van der Waals surface area contributed by atoms with Crippen LogP contribution < -0.4 is 4.74 Å². The molecule has 0 aliphatic heterocycles. The molecule has 0 N–H and O–H groups in total. The normalized spacial score (nSPS) is 18.7. The molecule has 3 aromatic carbocycles. The lowest BCUT2D eigenvalue weighted by molar-refractivity contribution is -0.0254. The Bertz CT molecular complexity index is 968. The smallest absolute Gasteiger partial charge is 0.170 e. The third-order valence-corrected chi connectivity index (χ3v) is 9.42. The van der Waals surface area contributed by atoms with Gasteiger partial charge in [-0.3, -0.25) is 0 Å². The van der Waals surface area contributed by atoms with Gasteiger partial charge < -0.3 is 4.74 Å².